The Labute approximate surface area is 181 Å². The number of rotatable bonds is 6. The molecule has 0 unspecified atom stereocenters. The van der Waals surface area contributed by atoms with Crippen LogP contribution in [0, 0.1) is 0 Å². The molecule has 2 heteroatoms. The Kier molecular flexibility index (Phi) is 7.31. The van der Waals surface area contributed by atoms with Crippen LogP contribution in [-0.2, 0) is 10.4 Å². The van der Waals surface area contributed by atoms with Crippen molar-refractivity contribution in [3.05, 3.63) is 132 Å². The van der Waals surface area contributed by atoms with Gasteiger partial charge in [0.2, 0.25) is 0 Å². The first-order valence-corrected chi connectivity index (χ1v) is 14.0. The summed E-state index contributed by atoms with van der Waals surface area (Å²) < 4.78 is 3.07. The molecule has 0 heterocycles. The molecule has 0 aromatic heterocycles. The summed E-state index contributed by atoms with van der Waals surface area (Å²) in [6.45, 7) is 0. The first-order valence-electron chi connectivity index (χ1n) is 9.43. The van der Waals surface area contributed by atoms with Gasteiger partial charge in [-0.2, -0.15) is 0 Å². The van der Waals surface area contributed by atoms with Crippen molar-refractivity contribution >= 4 is 22.3 Å². The fourth-order valence-corrected chi connectivity index (χ4v) is 12.8. The molecule has 0 nitrogen and oxygen atoms in total. The van der Waals surface area contributed by atoms with Crippen molar-refractivity contribution < 1.29 is 17.0 Å². The van der Waals surface area contributed by atoms with E-state index >= 15 is 0 Å². The van der Waals surface area contributed by atoms with E-state index in [9.17, 15) is 0 Å². The number of benzene rings is 4. The van der Waals surface area contributed by atoms with Gasteiger partial charge in [0.1, 0.15) is 0 Å². The van der Waals surface area contributed by atoms with Gasteiger partial charge in [0.05, 0.1) is 0 Å². The fourth-order valence-electron chi connectivity index (χ4n) is 3.79. The van der Waals surface area contributed by atoms with E-state index in [2.05, 4.69) is 121 Å². The van der Waals surface area contributed by atoms with Crippen molar-refractivity contribution in [3.63, 3.8) is 0 Å². The van der Waals surface area contributed by atoms with Crippen LogP contribution in [-0.4, -0.2) is 13.6 Å². The normalized spacial score (nSPS) is 10.9. The maximum absolute atomic E-state index is 2.49. The van der Waals surface area contributed by atoms with Gasteiger partial charge in [0.25, 0.3) is 0 Å². The zero-order valence-corrected chi connectivity index (χ0v) is 19.2. The van der Waals surface area contributed by atoms with Gasteiger partial charge in [0.15, 0.2) is 0 Å². The van der Waals surface area contributed by atoms with E-state index in [4.69, 9.17) is 0 Å². The number of hydrogen-bond donors (Lipinski definition) is 0. The van der Waals surface area contributed by atoms with Gasteiger partial charge in [-0.05, 0) is 0 Å². The standard InChI is InChI=1S/C26H24As.BrH/c1-5-13-23(14-6-1)21-27(25-17-9-3-10-18-25,26-19-11-4-12-20-26)22-24-15-7-2-8-16-24;/h1-20H,21-22H2;1H/q+1;/p-1. The molecular formula is C26H24AsBr. The molecule has 0 aliphatic heterocycles. The van der Waals surface area contributed by atoms with Gasteiger partial charge >= 0.3 is 165 Å². The van der Waals surface area contributed by atoms with Crippen molar-refractivity contribution in [1.29, 1.82) is 0 Å². The Morgan fingerprint density at radius 3 is 1.00 bits per heavy atom. The summed E-state index contributed by atoms with van der Waals surface area (Å²) in [5, 5.41) is 2.28. The predicted molar refractivity (Wildman–Crippen MR) is 118 cm³/mol. The van der Waals surface area contributed by atoms with Crippen LogP contribution < -0.4 is 25.7 Å². The summed E-state index contributed by atoms with van der Waals surface area (Å²) in [6.07, 6.45) is 0. The van der Waals surface area contributed by atoms with Crippen LogP contribution in [0.1, 0.15) is 11.1 Å². The van der Waals surface area contributed by atoms with Crippen molar-refractivity contribution in [2.45, 2.75) is 10.4 Å². The summed E-state index contributed by atoms with van der Waals surface area (Å²) in [6, 6.07) is 44.5. The molecule has 0 radical (unpaired) electrons. The molecular weight excluding hydrogens is 467 g/mol. The van der Waals surface area contributed by atoms with Crippen LogP contribution in [0.25, 0.3) is 0 Å². The molecule has 28 heavy (non-hydrogen) atoms. The van der Waals surface area contributed by atoms with Crippen LogP contribution in [0.5, 0.6) is 0 Å². The molecule has 0 spiro atoms. The van der Waals surface area contributed by atoms with Gasteiger partial charge < -0.3 is 17.0 Å². The molecule has 4 aromatic rings. The Morgan fingerprint density at radius 1 is 0.393 bits per heavy atom. The molecule has 0 atom stereocenters. The second-order valence-corrected chi connectivity index (χ2v) is 14.5. The van der Waals surface area contributed by atoms with Crippen LogP contribution in [0.15, 0.2) is 121 Å². The number of halogens is 1. The second-order valence-electron chi connectivity index (χ2n) is 6.93. The molecule has 0 fully saturated rings. The molecule has 0 amide bonds. The topological polar surface area (TPSA) is 0 Å². The first-order chi connectivity index (χ1) is 13.4. The molecule has 4 aromatic carbocycles. The van der Waals surface area contributed by atoms with Crippen LogP contribution in [0.3, 0.4) is 0 Å². The summed E-state index contributed by atoms with van der Waals surface area (Å²) in [7, 11) is 0. The summed E-state index contributed by atoms with van der Waals surface area (Å²) >= 11 is -2.49. The molecule has 0 aliphatic carbocycles. The van der Waals surface area contributed by atoms with Gasteiger partial charge in [-0.1, -0.05) is 0 Å². The van der Waals surface area contributed by atoms with Gasteiger partial charge in [0, 0.05) is 0 Å². The average Bonchev–Trinajstić information content (AvgIpc) is 2.76. The zero-order chi connectivity index (χ0) is 18.4. The third kappa shape index (κ3) is 4.66. The third-order valence-electron chi connectivity index (χ3n) is 5.09. The monoisotopic (exact) mass is 490 g/mol. The van der Waals surface area contributed by atoms with Gasteiger partial charge in [-0.3, -0.25) is 0 Å². The van der Waals surface area contributed by atoms with E-state index < -0.39 is 13.6 Å². The predicted octanol–water partition coefficient (Wildman–Crippen LogP) is 1.82. The Balaban J connectivity index is 0.00000225. The van der Waals surface area contributed by atoms with Gasteiger partial charge in [-0.15, -0.1) is 0 Å². The zero-order valence-electron chi connectivity index (χ0n) is 15.8. The molecule has 0 aliphatic rings. The van der Waals surface area contributed by atoms with Crippen molar-refractivity contribution in [3.8, 4) is 0 Å². The molecule has 0 N–H and O–H groups in total. The quantitative estimate of drug-likeness (QED) is 0.362. The van der Waals surface area contributed by atoms with E-state index in [0.717, 1.165) is 10.4 Å². The first kappa shape index (κ1) is 20.6. The minimum absolute atomic E-state index is 0. The summed E-state index contributed by atoms with van der Waals surface area (Å²) in [5.41, 5.74) is 2.88. The van der Waals surface area contributed by atoms with Crippen molar-refractivity contribution in [1.82, 2.24) is 0 Å². The number of hydrogen-bond acceptors (Lipinski definition) is 0. The van der Waals surface area contributed by atoms with E-state index in [-0.39, 0.29) is 17.0 Å². The van der Waals surface area contributed by atoms with Gasteiger partial charge in [-0.25, -0.2) is 0 Å². The fraction of sp³-hybridized carbons (Fsp3) is 0.0769. The average molecular weight is 491 g/mol. The van der Waals surface area contributed by atoms with Crippen LogP contribution in [0.2, 0.25) is 0 Å². The summed E-state index contributed by atoms with van der Waals surface area (Å²) in [4.78, 5) is 0. The van der Waals surface area contributed by atoms with E-state index in [0.29, 0.717) is 0 Å². The Bertz CT molecular complexity index is 871. The Morgan fingerprint density at radius 2 is 0.679 bits per heavy atom. The third-order valence-corrected chi connectivity index (χ3v) is 14.3. The summed E-state index contributed by atoms with van der Waals surface area (Å²) in [5.74, 6) is 0. The molecule has 0 saturated heterocycles. The van der Waals surface area contributed by atoms with Crippen LogP contribution >= 0.6 is 0 Å². The van der Waals surface area contributed by atoms with Crippen LogP contribution in [0.4, 0.5) is 0 Å². The second kappa shape index (κ2) is 9.91. The van der Waals surface area contributed by atoms with E-state index in [1.807, 2.05) is 0 Å². The van der Waals surface area contributed by atoms with E-state index in [1.165, 1.54) is 19.8 Å². The molecule has 140 valence electrons. The van der Waals surface area contributed by atoms with Crippen molar-refractivity contribution in [2.24, 2.45) is 0 Å². The SMILES string of the molecule is [Br-].c1ccc(C[As+](Cc2ccccc2)(c2ccccc2)c2ccccc2)cc1. The molecule has 4 rings (SSSR count). The van der Waals surface area contributed by atoms with Crippen molar-refractivity contribution in [2.75, 3.05) is 0 Å². The minimum atomic E-state index is -2.49. The molecule has 0 saturated carbocycles. The maximum atomic E-state index is 2.35. The molecule has 0 bridgehead atoms. The Hall–Kier alpha value is -2.08. The van der Waals surface area contributed by atoms with E-state index in [1.54, 1.807) is 0 Å².